The fourth-order valence-electron chi connectivity index (χ4n) is 6.44. The number of hydrogen-bond donors (Lipinski definition) is 0. The number of para-hydroxylation sites is 3. The molecule has 0 aliphatic carbocycles. The van der Waals surface area contributed by atoms with Gasteiger partial charge in [0.25, 0.3) is 0 Å². The summed E-state index contributed by atoms with van der Waals surface area (Å²) in [6.45, 7) is 0. The molecule has 41 heavy (non-hydrogen) atoms. The second kappa shape index (κ2) is 8.44. The molecular weight excluding hydrogens is 500 g/mol. The Kier molecular flexibility index (Phi) is 4.58. The number of fused-ring (bicyclic) bond motifs is 7. The van der Waals surface area contributed by atoms with Gasteiger partial charge in [-0.2, -0.15) is 0 Å². The molecule has 0 saturated heterocycles. The maximum Gasteiger partial charge on any atom is 0.137 e. The SMILES string of the molecule is c1ccc(-n2c3ccccc3c3cc4c5ccccc5n(-c5cccc(-c6cn7ccccc7n6)c5)c4cc32)cc1. The molecule has 0 amide bonds. The van der Waals surface area contributed by atoms with Crippen molar-refractivity contribution in [2.75, 3.05) is 0 Å². The Morgan fingerprint density at radius 2 is 1.07 bits per heavy atom. The van der Waals surface area contributed by atoms with Crippen LogP contribution in [0.5, 0.6) is 0 Å². The lowest BCUT2D eigenvalue weighted by molar-refractivity contribution is 1.16. The smallest absolute Gasteiger partial charge is 0.137 e. The Balaban J connectivity index is 1.36. The van der Waals surface area contributed by atoms with E-state index in [0.717, 1.165) is 28.3 Å². The van der Waals surface area contributed by atoms with Crippen molar-refractivity contribution in [2.45, 2.75) is 0 Å². The molecule has 9 rings (SSSR count). The molecule has 0 bridgehead atoms. The third-order valence-corrected chi connectivity index (χ3v) is 8.24. The first kappa shape index (κ1) is 22.2. The van der Waals surface area contributed by atoms with E-state index in [1.165, 1.54) is 43.6 Å². The number of rotatable bonds is 3. The van der Waals surface area contributed by atoms with Crippen LogP contribution in [-0.2, 0) is 0 Å². The Morgan fingerprint density at radius 1 is 0.439 bits per heavy atom. The van der Waals surface area contributed by atoms with Crippen LogP contribution in [0.15, 0.2) is 146 Å². The molecular formula is C37H24N4. The monoisotopic (exact) mass is 524 g/mol. The maximum absolute atomic E-state index is 4.89. The lowest BCUT2D eigenvalue weighted by Crippen LogP contribution is -1.96. The highest BCUT2D eigenvalue weighted by Gasteiger charge is 2.18. The third kappa shape index (κ3) is 3.25. The Hall–Kier alpha value is -5.61. The molecule has 192 valence electrons. The molecule has 4 heterocycles. The summed E-state index contributed by atoms with van der Waals surface area (Å²) in [6, 6.07) is 47.7. The maximum atomic E-state index is 4.89. The van der Waals surface area contributed by atoms with Crippen molar-refractivity contribution >= 4 is 49.3 Å². The highest BCUT2D eigenvalue weighted by Crippen LogP contribution is 2.39. The first-order chi connectivity index (χ1) is 20.3. The van der Waals surface area contributed by atoms with E-state index >= 15 is 0 Å². The van der Waals surface area contributed by atoms with E-state index in [9.17, 15) is 0 Å². The average Bonchev–Trinajstić information content (AvgIpc) is 3.70. The van der Waals surface area contributed by atoms with Crippen LogP contribution in [-0.4, -0.2) is 18.5 Å². The number of nitrogens with zero attached hydrogens (tertiary/aromatic N) is 4. The van der Waals surface area contributed by atoms with Crippen molar-refractivity contribution < 1.29 is 0 Å². The first-order valence-electron chi connectivity index (χ1n) is 13.9. The van der Waals surface area contributed by atoms with Gasteiger partial charge in [-0.3, -0.25) is 0 Å². The zero-order chi connectivity index (χ0) is 26.9. The van der Waals surface area contributed by atoms with E-state index < -0.39 is 0 Å². The highest BCUT2D eigenvalue weighted by atomic mass is 15.0. The molecule has 0 atom stereocenters. The Morgan fingerprint density at radius 3 is 1.80 bits per heavy atom. The highest BCUT2D eigenvalue weighted by molar-refractivity contribution is 6.19. The lowest BCUT2D eigenvalue weighted by Gasteiger charge is -2.11. The van der Waals surface area contributed by atoms with Crippen LogP contribution in [0.2, 0.25) is 0 Å². The predicted molar refractivity (Wildman–Crippen MR) is 169 cm³/mol. The standard InChI is InChI=1S/C37H24N4/c1-2-12-26(13-3-1)40-33-17-6-4-15-28(33)30-22-31-29-16-5-7-18-34(29)41(36(31)23-35(30)40)27-14-10-11-25(21-27)32-24-39-20-9-8-19-37(39)38-32/h1-24H. The molecule has 0 aliphatic rings. The summed E-state index contributed by atoms with van der Waals surface area (Å²) in [7, 11) is 0. The number of benzene rings is 5. The summed E-state index contributed by atoms with van der Waals surface area (Å²) in [5, 5.41) is 5.03. The van der Waals surface area contributed by atoms with Crippen molar-refractivity contribution in [3.8, 4) is 22.6 Å². The quantitative estimate of drug-likeness (QED) is 0.226. The topological polar surface area (TPSA) is 27.2 Å². The second-order valence-corrected chi connectivity index (χ2v) is 10.6. The van der Waals surface area contributed by atoms with Gasteiger partial charge in [-0.15, -0.1) is 0 Å². The zero-order valence-electron chi connectivity index (χ0n) is 22.1. The van der Waals surface area contributed by atoms with Gasteiger partial charge in [0.05, 0.1) is 27.8 Å². The lowest BCUT2D eigenvalue weighted by atomic mass is 10.1. The van der Waals surface area contributed by atoms with Gasteiger partial charge in [-0.1, -0.05) is 72.8 Å². The average molecular weight is 525 g/mol. The van der Waals surface area contributed by atoms with E-state index in [4.69, 9.17) is 4.98 Å². The molecule has 0 N–H and O–H groups in total. The van der Waals surface area contributed by atoms with Gasteiger partial charge in [-0.05, 0) is 60.7 Å². The van der Waals surface area contributed by atoms with Gasteiger partial charge in [0.1, 0.15) is 5.65 Å². The third-order valence-electron chi connectivity index (χ3n) is 8.24. The molecule has 4 nitrogen and oxygen atoms in total. The minimum absolute atomic E-state index is 0.945. The van der Waals surface area contributed by atoms with Crippen LogP contribution >= 0.6 is 0 Å². The molecule has 0 unspecified atom stereocenters. The molecule has 0 fully saturated rings. The van der Waals surface area contributed by atoms with Crippen LogP contribution in [0, 0.1) is 0 Å². The zero-order valence-corrected chi connectivity index (χ0v) is 22.1. The van der Waals surface area contributed by atoms with E-state index in [-0.39, 0.29) is 0 Å². The fraction of sp³-hybridized carbons (Fsp3) is 0. The molecule has 0 radical (unpaired) electrons. The molecule has 0 aliphatic heterocycles. The van der Waals surface area contributed by atoms with Gasteiger partial charge in [0.15, 0.2) is 0 Å². The summed E-state index contributed by atoms with van der Waals surface area (Å²) in [5.74, 6) is 0. The molecule has 4 aromatic heterocycles. The summed E-state index contributed by atoms with van der Waals surface area (Å²) in [6.07, 6.45) is 4.14. The Bertz CT molecular complexity index is 2390. The van der Waals surface area contributed by atoms with Crippen LogP contribution in [0.3, 0.4) is 0 Å². The second-order valence-electron chi connectivity index (χ2n) is 10.6. The van der Waals surface area contributed by atoms with Crippen LogP contribution in [0.1, 0.15) is 0 Å². The number of aromatic nitrogens is 4. The van der Waals surface area contributed by atoms with E-state index in [2.05, 4.69) is 135 Å². The largest absolute Gasteiger partial charge is 0.309 e. The summed E-state index contributed by atoms with van der Waals surface area (Å²) in [4.78, 5) is 4.89. The van der Waals surface area contributed by atoms with Gasteiger partial charge in [0.2, 0.25) is 0 Å². The Labute approximate surface area is 236 Å². The minimum atomic E-state index is 0.945. The summed E-state index contributed by atoms with van der Waals surface area (Å²) < 4.78 is 6.86. The summed E-state index contributed by atoms with van der Waals surface area (Å²) in [5.41, 5.74) is 10.1. The first-order valence-corrected chi connectivity index (χ1v) is 13.9. The fourth-order valence-corrected chi connectivity index (χ4v) is 6.44. The number of pyridine rings is 1. The molecule has 4 heteroatoms. The molecule has 9 aromatic rings. The molecule has 0 spiro atoms. The van der Waals surface area contributed by atoms with Crippen LogP contribution < -0.4 is 0 Å². The number of imidazole rings is 1. The van der Waals surface area contributed by atoms with Gasteiger partial charge in [-0.25, -0.2) is 4.98 Å². The van der Waals surface area contributed by atoms with E-state index in [1.807, 2.05) is 24.4 Å². The normalized spacial score (nSPS) is 11.9. The summed E-state index contributed by atoms with van der Waals surface area (Å²) >= 11 is 0. The van der Waals surface area contributed by atoms with Crippen molar-refractivity contribution in [1.29, 1.82) is 0 Å². The van der Waals surface area contributed by atoms with Gasteiger partial charge >= 0.3 is 0 Å². The van der Waals surface area contributed by atoms with Gasteiger partial charge < -0.3 is 13.5 Å². The van der Waals surface area contributed by atoms with E-state index in [1.54, 1.807) is 0 Å². The van der Waals surface area contributed by atoms with Crippen molar-refractivity contribution in [3.05, 3.63) is 146 Å². The van der Waals surface area contributed by atoms with Crippen molar-refractivity contribution in [2.24, 2.45) is 0 Å². The number of hydrogen-bond acceptors (Lipinski definition) is 1. The molecule has 0 saturated carbocycles. The predicted octanol–water partition coefficient (Wildman–Crippen LogP) is 9.20. The van der Waals surface area contributed by atoms with Crippen molar-refractivity contribution in [3.63, 3.8) is 0 Å². The van der Waals surface area contributed by atoms with Gasteiger partial charge in [0, 0.05) is 50.9 Å². The van der Waals surface area contributed by atoms with E-state index in [0.29, 0.717) is 0 Å². The van der Waals surface area contributed by atoms with Crippen LogP contribution in [0.25, 0.3) is 71.9 Å². The minimum Gasteiger partial charge on any atom is -0.309 e. The van der Waals surface area contributed by atoms with Crippen LogP contribution in [0.4, 0.5) is 0 Å². The van der Waals surface area contributed by atoms with Crippen molar-refractivity contribution in [1.82, 2.24) is 18.5 Å². The molecule has 5 aromatic carbocycles.